The van der Waals surface area contributed by atoms with Crippen LogP contribution in [0.15, 0.2) is 54.2 Å². The molecule has 0 bridgehead atoms. The third-order valence-corrected chi connectivity index (χ3v) is 4.03. The zero-order valence-corrected chi connectivity index (χ0v) is 15.7. The fourth-order valence-corrected chi connectivity index (χ4v) is 2.55. The van der Waals surface area contributed by atoms with Crippen LogP contribution in [0.25, 0.3) is 0 Å². The molecule has 29 heavy (non-hydrogen) atoms. The Hall–Kier alpha value is -3.99. The van der Waals surface area contributed by atoms with Gasteiger partial charge >= 0.3 is 5.97 Å². The average molecular weight is 393 g/mol. The summed E-state index contributed by atoms with van der Waals surface area (Å²) < 4.78 is 15.5. The van der Waals surface area contributed by atoms with E-state index in [9.17, 15) is 14.9 Å². The molecule has 0 aromatic heterocycles. The standard InChI is InChI=1S/C21H19N3O5/c1-2-27-21(26)15-4-6-17(7-5-15)23-12-16(10-22)20(25)24-11-14-3-8-18-19(9-14)29-13-28-18/h3-9,12,23H,2,11,13H2,1H3,(H,24,25)/b16-12-. The fourth-order valence-electron chi connectivity index (χ4n) is 2.55. The van der Waals surface area contributed by atoms with Crippen LogP contribution in [0.2, 0.25) is 0 Å². The van der Waals surface area contributed by atoms with Crippen LogP contribution in [-0.2, 0) is 16.1 Å². The van der Waals surface area contributed by atoms with E-state index in [1.807, 2.05) is 12.1 Å². The van der Waals surface area contributed by atoms with Crippen LogP contribution in [0.1, 0.15) is 22.8 Å². The number of carbonyl (C=O) groups is 2. The van der Waals surface area contributed by atoms with Gasteiger partial charge in [-0.1, -0.05) is 6.07 Å². The molecule has 3 rings (SSSR count). The number of nitrogens with zero attached hydrogens (tertiary/aromatic N) is 1. The minimum Gasteiger partial charge on any atom is -0.462 e. The molecule has 8 nitrogen and oxygen atoms in total. The number of ether oxygens (including phenoxy) is 3. The van der Waals surface area contributed by atoms with Crippen molar-refractivity contribution in [3.05, 3.63) is 65.4 Å². The van der Waals surface area contributed by atoms with Gasteiger partial charge < -0.3 is 24.8 Å². The Morgan fingerprint density at radius 1 is 1.17 bits per heavy atom. The molecular weight excluding hydrogens is 374 g/mol. The second-order valence-corrected chi connectivity index (χ2v) is 5.98. The lowest BCUT2D eigenvalue weighted by atomic mass is 10.2. The third-order valence-electron chi connectivity index (χ3n) is 4.03. The third kappa shape index (κ3) is 5.05. The van der Waals surface area contributed by atoms with Crippen molar-refractivity contribution in [2.45, 2.75) is 13.5 Å². The summed E-state index contributed by atoms with van der Waals surface area (Å²) in [4.78, 5) is 23.9. The largest absolute Gasteiger partial charge is 0.462 e. The molecule has 0 aliphatic carbocycles. The number of hydrogen-bond acceptors (Lipinski definition) is 7. The summed E-state index contributed by atoms with van der Waals surface area (Å²) in [5.41, 5.74) is 1.78. The van der Waals surface area contributed by atoms with Crippen LogP contribution in [0, 0.1) is 11.3 Å². The van der Waals surface area contributed by atoms with E-state index in [0.717, 1.165) is 5.56 Å². The molecule has 148 valence electrons. The molecule has 0 unspecified atom stereocenters. The van der Waals surface area contributed by atoms with E-state index < -0.39 is 11.9 Å². The monoisotopic (exact) mass is 393 g/mol. The van der Waals surface area contributed by atoms with E-state index in [-0.39, 0.29) is 18.9 Å². The first-order chi connectivity index (χ1) is 14.1. The van der Waals surface area contributed by atoms with Gasteiger partial charge in [-0.15, -0.1) is 0 Å². The van der Waals surface area contributed by atoms with Crippen LogP contribution >= 0.6 is 0 Å². The van der Waals surface area contributed by atoms with Crippen molar-refractivity contribution in [2.75, 3.05) is 18.7 Å². The van der Waals surface area contributed by atoms with Gasteiger partial charge in [0.1, 0.15) is 11.6 Å². The van der Waals surface area contributed by atoms with Crippen molar-refractivity contribution in [3.63, 3.8) is 0 Å². The van der Waals surface area contributed by atoms with Crippen LogP contribution in [0.5, 0.6) is 11.5 Å². The number of nitrogens with one attached hydrogen (secondary N) is 2. The lowest BCUT2D eigenvalue weighted by Gasteiger charge is -2.07. The van der Waals surface area contributed by atoms with Gasteiger partial charge in [0.15, 0.2) is 11.5 Å². The second-order valence-electron chi connectivity index (χ2n) is 5.98. The number of hydrogen-bond donors (Lipinski definition) is 2. The molecule has 1 heterocycles. The van der Waals surface area contributed by atoms with E-state index in [4.69, 9.17) is 14.2 Å². The Morgan fingerprint density at radius 3 is 2.66 bits per heavy atom. The topological polar surface area (TPSA) is 110 Å². The maximum absolute atomic E-state index is 12.3. The molecule has 2 N–H and O–H groups in total. The maximum Gasteiger partial charge on any atom is 0.338 e. The molecule has 0 saturated heterocycles. The number of anilines is 1. The van der Waals surface area contributed by atoms with E-state index >= 15 is 0 Å². The van der Waals surface area contributed by atoms with E-state index in [2.05, 4.69) is 10.6 Å². The van der Waals surface area contributed by atoms with E-state index in [1.54, 1.807) is 43.3 Å². The first kappa shape index (κ1) is 19.8. The number of nitriles is 1. The molecule has 1 aliphatic rings. The minimum absolute atomic E-state index is 0.0831. The summed E-state index contributed by atoms with van der Waals surface area (Å²) in [6.07, 6.45) is 1.31. The Balaban J connectivity index is 1.57. The number of rotatable bonds is 7. The SMILES string of the molecule is CCOC(=O)c1ccc(N/C=C(/C#N)C(=O)NCc2ccc3c(c2)OCO3)cc1. The van der Waals surface area contributed by atoms with E-state index in [1.165, 1.54) is 6.20 Å². The first-order valence-electron chi connectivity index (χ1n) is 8.91. The van der Waals surface area contributed by atoms with Gasteiger partial charge in [-0.3, -0.25) is 4.79 Å². The molecule has 0 fully saturated rings. The zero-order chi connectivity index (χ0) is 20.6. The molecule has 1 amide bonds. The van der Waals surface area contributed by atoms with Crippen LogP contribution in [0.3, 0.4) is 0 Å². The zero-order valence-electron chi connectivity index (χ0n) is 15.7. The normalized spacial score (nSPS) is 12.1. The fraction of sp³-hybridized carbons (Fsp3) is 0.190. The van der Waals surface area contributed by atoms with Gasteiger partial charge in [-0.05, 0) is 48.9 Å². The molecule has 0 spiro atoms. The Labute approximate surface area is 167 Å². The highest BCUT2D eigenvalue weighted by molar-refractivity contribution is 5.97. The maximum atomic E-state index is 12.3. The number of carbonyl (C=O) groups excluding carboxylic acids is 2. The predicted octanol–water partition coefficient (Wildman–Crippen LogP) is 2.73. The summed E-state index contributed by atoms with van der Waals surface area (Å²) in [6.45, 7) is 2.45. The van der Waals surface area contributed by atoms with Crippen molar-refractivity contribution in [1.82, 2.24) is 5.32 Å². The summed E-state index contributed by atoms with van der Waals surface area (Å²) in [5.74, 6) is 0.368. The van der Waals surface area contributed by atoms with Gasteiger partial charge in [-0.2, -0.15) is 5.26 Å². The average Bonchev–Trinajstić information content (AvgIpc) is 3.21. The summed E-state index contributed by atoms with van der Waals surface area (Å²) in [6, 6.07) is 13.7. The lowest BCUT2D eigenvalue weighted by molar-refractivity contribution is -0.117. The number of fused-ring (bicyclic) bond motifs is 1. The highest BCUT2D eigenvalue weighted by Gasteiger charge is 2.14. The van der Waals surface area contributed by atoms with Crippen molar-refractivity contribution >= 4 is 17.6 Å². The van der Waals surface area contributed by atoms with Gasteiger partial charge in [0.05, 0.1) is 12.2 Å². The first-order valence-corrected chi connectivity index (χ1v) is 8.91. The molecule has 0 atom stereocenters. The van der Waals surface area contributed by atoms with Crippen LogP contribution in [-0.4, -0.2) is 25.3 Å². The highest BCUT2D eigenvalue weighted by Crippen LogP contribution is 2.32. The molecular formula is C21H19N3O5. The Bertz CT molecular complexity index is 977. The predicted molar refractivity (Wildman–Crippen MR) is 104 cm³/mol. The van der Waals surface area contributed by atoms with Crippen LogP contribution < -0.4 is 20.1 Å². The molecule has 0 radical (unpaired) electrons. The lowest BCUT2D eigenvalue weighted by Crippen LogP contribution is -2.24. The van der Waals surface area contributed by atoms with Crippen molar-refractivity contribution in [1.29, 1.82) is 5.26 Å². The van der Waals surface area contributed by atoms with Crippen LogP contribution in [0.4, 0.5) is 5.69 Å². The van der Waals surface area contributed by atoms with Crippen molar-refractivity contribution in [3.8, 4) is 17.6 Å². The second kappa shape index (κ2) is 9.28. The number of esters is 1. The van der Waals surface area contributed by atoms with Gasteiger partial charge in [0.2, 0.25) is 6.79 Å². The van der Waals surface area contributed by atoms with Crippen molar-refractivity contribution in [2.24, 2.45) is 0 Å². The van der Waals surface area contributed by atoms with E-state index in [0.29, 0.717) is 29.4 Å². The number of amides is 1. The minimum atomic E-state index is -0.513. The Morgan fingerprint density at radius 2 is 1.93 bits per heavy atom. The van der Waals surface area contributed by atoms with Gasteiger partial charge in [0.25, 0.3) is 5.91 Å². The van der Waals surface area contributed by atoms with Crippen molar-refractivity contribution < 1.29 is 23.8 Å². The smallest absolute Gasteiger partial charge is 0.338 e. The molecule has 1 aliphatic heterocycles. The molecule has 2 aromatic rings. The quantitative estimate of drug-likeness (QED) is 0.423. The summed E-state index contributed by atoms with van der Waals surface area (Å²) >= 11 is 0. The number of benzene rings is 2. The van der Waals surface area contributed by atoms with Gasteiger partial charge in [0, 0.05) is 18.4 Å². The highest BCUT2D eigenvalue weighted by atomic mass is 16.7. The van der Waals surface area contributed by atoms with Gasteiger partial charge in [-0.25, -0.2) is 4.79 Å². The summed E-state index contributed by atoms with van der Waals surface area (Å²) in [7, 11) is 0. The summed E-state index contributed by atoms with van der Waals surface area (Å²) in [5, 5.41) is 14.8. The molecule has 2 aromatic carbocycles. The molecule has 8 heteroatoms. The molecule has 0 saturated carbocycles. The Kier molecular flexibility index (Phi) is 6.32.